The highest BCUT2D eigenvalue weighted by Crippen LogP contribution is 2.40. The molecule has 0 aliphatic carbocycles. The zero-order valence-corrected chi connectivity index (χ0v) is 19.1. The molecule has 35 heavy (non-hydrogen) atoms. The fraction of sp³-hybridized carbons (Fsp3) is 0.185. The Balaban J connectivity index is 1.79. The van der Waals surface area contributed by atoms with Crippen molar-refractivity contribution in [3.05, 3.63) is 99.4 Å². The molecule has 1 aromatic heterocycles. The van der Waals surface area contributed by atoms with Crippen molar-refractivity contribution >= 4 is 16.9 Å². The lowest BCUT2D eigenvalue weighted by atomic mass is 10.0. The molecular weight excluding hydrogens is 461 g/mol. The summed E-state index contributed by atoms with van der Waals surface area (Å²) in [6, 6.07) is 16.9. The number of carbonyl (C=O) groups is 1. The number of carbonyl (C=O) groups excluding carboxylic acids is 1. The van der Waals surface area contributed by atoms with Crippen LogP contribution in [0, 0.1) is 6.92 Å². The van der Waals surface area contributed by atoms with E-state index in [4.69, 9.17) is 13.9 Å². The molecular formula is C27H21F3O5. The van der Waals surface area contributed by atoms with Gasteiger partial charge in [0, 0.05) is 6.07 Å². The zero-order chi connectivity index (χ0) is 25.3. The Morgan fingerprint density at radius 1 is 0.971 bits per heavy atom. The van der Waals surface area contributed by atoms with Crippen molar-refractivity contribution in [2.45, 2.75) is 32.9 Å². The lowest BCUT2D eigenvalue weighted by molar-refractivity contribution is -0.154. The molecule has 8 heteroatoms. The number of fused-ring (bicyclic) bond motifs is 1. The molecule has 0 amide bonds. The molecule has 4 rings (SSSR count). The molecule has 0 spiro atoms. The smallest absolute Gasteiger partial charge is 0.449 e. The Morgan fingerprint density at radius 3 is 2.34 bits per heavy atom. The number of aryl methyl sites for hydroxylation is 1. The fourth-order valence-electron chi connectivity index (χ4n) is 3.62. The maximum Gasteiger partial charge on any atom is 0.453 e. The molecule has 0 fully saturated rings. The summed E-state index contributed by atoms with van der Waals surface area (Å²) in [6.07, 6.45) is -5.01. The summed E-state index contributed by atoms with van der Waals surface area (Å²) in [7, 11) is 0. The van der Waals surface area contributed by atoms with Crippen LogP contribution in [-0.4, -0.2) is 5.97 Å². The number of benzene rings is 3. The maximum atomic E-state index is 13.9. The minimum atomic E-state index is -5.01. The second-order valence-electron chi connectivity index (χ2n) is 8.24. The van der Waals surface area contributed by atoms with E-state index in [1.165, 1.54) is 18.2 Å². The van der Waals surface area contributed by atoms with E-state index >= 15 is 0 Å². The molecule has 4 aromatic rings. The van der Waals surface area contributed by atoms with E-state index in [0.717, 1.165) is 6.07 Å². The van der Waals surface area contributed by atoms with Gasteiger partial charge in [0.2, 0.25) is 11.2 Å². The van der Waals surface area contributed by atoms with Gasteiger partial charge in [-0.25, -0.2) is 4.79 Å². The normalized spacial score (nSPS) is 11.6. The fourth-order valence-corrected chi connectivity index (χ4v) is 3.62. The molecule has 0 N–H and O–H groups in total. The minimum absolute atomic E-state index is 0.0569. The summed E-state index contributed by atoms with van der Waals surface area (Å²) < 4.78 is 57.6. The monoisotopic (exact) mass is 482 g/mol. The van der Waals surface area contributed by atoms with Crippen LogP contribution in [0.2, 0.25) is 0 Å². The second-order valence-corrected chi connectivity index (χ2v) is 8.24. The molecule has 0 saturated heterocycles. The van der Waals surface area contributed by atoms with Crippen molar-refractivity contribution in [3.63, 3.8) is 0 Å². The van der Waals surface area contributed by atoms with Gasteiger partial charge in [0.15, 0.2) is 0 Å². The van der Waals surface area contributed by atoms with Gasteiger partial charge in [0.1, 0.15) is 17.1 Å². The topological polar surface area (TPSA) is 65.7 Å². The molecule has 0 atom stereocenters. The number of hydrogen-bond donors (Lipinski definition) is 0. The second kappa shape index (κ2) is 9.29. The lowest BCUT2D eigenvalue weighted by Crippen LogP contribution is -2.16. The van der Waals surface area contributed by atoms with Crippen molar-refractivity contribution in [2.75, 3.05) is 0 Å². The number of alkyl halides is 3. The van der Waals surface area contributed by atoms with Crippen LogP contribution in [0.15, 0.2) is 75.9 Å². The van der Waals surface area contributed by atoms with Crippen LogP contribution < -0.4 is 14.9 Å². The van der Waals surface area contributed by atoms with Crippen LogP contribution in [0.3, 0.4) is 0 Å². The average molecular weight is 482 g/mol. The number of halogens is 3. The maximum absolute atomic E-state index is 13.9. The SMILES string of the molecule is Cc1ccccc1C(=O)Oc1ccc2c(=O)c(Oc3ccccc3C(C)C)c(C(F)(F)F)oc2c1. The van der Waals surface area contributed by atoms with E-state index in [1.54, 1.807) is 49.4 Å². The Labute approximate surface area is 198 Å². The van der Waals surface area contributed by atoms with Crippen molar-refractivity contribution in [1.82, 2.24) is 0 Å². The summed E-state index contributed by atoms with van der Waals surface area (Å²) in [5.74, 6) is -3.22. The van der Waals surface area contributed by atoms with E-state index in [0.29, 0.717) is 16.7 Å². The lowest BCUT2D eigenvalue weighted by Gasteiger charge is -2.16. The Kier molecular flexibility index (Phi) is 6.39. The van der Waals surface area contributed by atoms with Crippen LogP contribution in [-0.2, 0) is 6.18 Å². The molecule has 0 bridgehead atoms. The van der Waals surface area contributed by atoms with Gasteiger partial charge < -0.3 is 13.9 Å². The highest BCUT2D eigenvalue weighted by molar-refractivity contribution is 5.93. The Hall–Kier alpha value is -4.07. The van der Waals surface area contributed by atoms with Crippen LogP contribution >= 0.6 is 0 Å². The first-order valence-corrected chi connectivity index (χ1v) is 10.8. The molecule has 0 radical (unpaired) electrons. The Morgan fingerprint density at radius 2 is 1.66 bits per heavy atom. The molecule has 0 aliphatic heterocycles. The zero-order valence-electron chi connectivity index (χ0n) is 19.1. The van der Waals surface area contributed by atoms with Gasteiger partial charge in [0.05, 0.1) is 10.9 Å². The highest BCUT2D eigenvalue weighted by atomic mass is 19.4. The summed E-state index contributed by atoms with van der Waals surface area (Å²) in [4.78, 5) is 25.6. The number of rotatable bonds is 5. The summed E-state index contributed by atoms with van der Waals surface area (Å²) in [5.41, 5.74) is 0.236. The molecule has 0 unspecified atom stereocenters. The van der Waals surface area contributed by atoms with Gasteiger partial charge in [-0.1, -0.05) is 50.2 Å². The number of hydrogen-bond acceptors (Lipinski definition) is 5. The predicted molar refractivity (Wildman–Crippen MR) is 124 cm³/mol. The Bertz CT molecular complexity index is 1470. The molecule has 0 saturated carbocycles. The van der Waals surface area contributed by atoms with Gasteiger partial charge >= 0.3 is 12.1 Å². The van der Waals surface area contributed by atoms with Crippen molar-refractivity contribution in [2.24, 2.45) is 0 Å². The third kappa shape index (κ3) is 4.91. The highest BCUT2D eigenvalue weighted by Gasteiger charge is 2.40. The van der Waals surface area contributed by atoms with Crippen molar-refractivity contribution in [1.29, 1.82) is 0 Å². The molecule has 1 heterocycles. The molecule has 0 aliphatic rings. The van der Waals surface area contributed by atoms with Gasteiger partial charge in [-0.2, -0.15) is 13.2 Å². The first kappa shape index (κ1) is 24.1. The van der Waals surface area contributed by atoms with E-state index in [1.807, 2.05) is 13.8 Å². The third-order valence-corrected chi connectivity index (χ3v) is 5.41. The van der Waals surface area contributed by atoms with Gasteiger partial charge in [-0.05, 0) is 48.2 Å². The van der Waals surface area contributed by atoms with Crippen molar-refractivity contribution in [3.8, 4) is 17.2 Å². The van der Waals surface area contributed by atoms with Crippen LogP contribution in [0.25, 0.3) is 11.0 Å². The van der Waals surface area contributed by atoms with Crippen LogP contribution in [0.5, 0.6) is 17.2 Å². The largest absolute Gasteiger partial charge is 0.453 e. The third-order valence-electron chi connectivity index (χ3n) is 5.41. The number of para-hydroxylation sites is 1. The number of esters is 1. The first-order chi connectivity index (χ1) is 16.6. The minimum Gasteiger partial charge on any atom is -0.449 e. The molecule has 5 nitrogen and oxygen atoms in total. The van der Waals surface area contributed by atoms with Crippen molar-refractivity contribution < 1.29 is 31.9 Å². The predicted octanol–water partition coefficient (Wildman–Crippen LogP) is 7.26. The quantitative estimate of drug-likeness (QED) is 0.221. The van der Waals surface area contributed by atoms with Crippen LogP contribution in [0.4, 0.5) is 13.2 Å². The number of ether oxygens (including phenoxy) is 2. The van der Waals surface area contributed by atoms with Gasteiger partial charge in [-0.15, -0.1) is 0 Å². The summed E-state index contributed by atoms with van der Waals surface area (Å²) >= 11 is 0. The molecule has 180 valence electrons. The summed E-state index contributed by atoms with van der Waals surface area (Å²) in [6.45, 7) is 5.44. The average Bonchev–Trinajstić information content (AvgIpc) is 2.80. The summed E-state index contributed by atoms with van der Waals surface area (Å²) in [5, 5.41) is -0.147. The van der Waals surface area contributed by atoms with E-state index < -0.39 is 29.1 Å². The molecule has 3 aromatic carbocycles. The first-order valence-electron chi connectivity index (χ1n) is 10.8. The van der Waals surface area contributed by atoms with Gasteiger partial charge in [-0.3, -0.25) is 4.79 Å². The van der Waals surface area contributed by atoms with E-state index in [9.17, 15) is 22.8 Å². The van der Waals surface area contributed by atoms with Gasteiger partial charge in [0.25, 0.3) is 5.76 Å². The van der Waals surface area contributed by atoms with E-state index in [-0.39, 0.29) is 28.4 Å². The van der Waals surface area contributed by atoms with Crippen LogP contribution in [0.1, 0.15) is 47.0 Å². The van der Waals surface area contributed by atoms with E-state index in [2.05, 4.69) is 0 Å². The standard InChI is InChI=1S/C27H21F3O5/c1-15(2)18-9-6-7-11-21(18)34-24-23(31)20-13-12-17(14-22(20)35-25(24)27(28,29)30)33-26(32)19-10-5-4-8-16(19)3/h4-15H,1-3H3.